The summed E-state index contributed by atoms with van der Waals surface area (Å²) in [4.78, 5) is 9.98. The predicted octanol–water partition coefficient (Wildman–Crippen LogP) is 0.295. The maximum atomic E-state index is 11.1. The lowest BCUT2D eigenvalue weighted by atomic mass is 10.3. The van der Waals surface area contributed by atoms with Crippen LogP contribution in [0.3, 0.4) is 0 Å². The third-order valence-electron chi connectivity index (χ3n) is 2.01. The summed E-state index contributed by atoms with van der Waals surface area (Å²) in [5.74, 6) is -0.0181. The molecule has 0 amide bonds. The van der Waals surface area contributed by atoms with Gasteiger partial charge >= 0.3 is 5.00 Å². The van der Waals surface area contributed by atoms with E-state index in [1.165, 1.54) is 13.1 Å². The molecule has 0 saturated heterocycles. The average Bonchev–Trinajstić information content (AvgIpc) is 2.73. The van der Waals surface area contributed by atoms with Crippen molar-refractivity contribution in [1.29, 1.82) is 0 Å². The minimum atomic E-state index is -3.20. The summed E-state index contributed by atoms with van der Waals surface area (Å²) in [6.07, 6.45) is 0. The van der Waals surface area contributed by atoms with Crippen LogP contribution in [-0.4, -0.2) is 32.7 Å². The molecule has 1 rings (SSSR count). The van der Waals surface area contributed by atoms with Crippen LogP contribution >= 0.6 is 11.3 Å². The fraction of sp³-hybridized carbons (Fsp3) is 0.500. The fourth-order valence-corrected chi connectivity index (χ4v) is 2.44. The molecule has 0 bridgehead atoms. The SMILES string of the molecule is CNS(=O)(=O)CCNCc1csc([N+](=O)[O-])c1. The van der Waals surface area contributed by atoms with E-state index < -0.39 is 14.9 Å². The monoisotopic (exact) mass is 279 g/mol. The molecule has 17 heavy (non-hydrogen) atoms. The Labute approximate surface area is 103 Å². The number of thiophene rings is 1. The largest absolute Gasteiger partial charge is 0.324 e. The molecule has 0 aliphatic heterocycles. The van der Waals surface area contributed by atoms with Crippen molar-refractivity contribution in [3.8, 4) is 0 Å². The van der Waals surface area contributed by atoms with E-state index in [-0.39, 0.29) is 10.8 Å². The molecule has 2 N–H and O–H groups in total. The van der Waals surface area contributed by atoms with E-state index in [0.29, 0.717) is 13.1 Å². The third kappa shape index (κ3) is 4.77. The van der Waals surface area contributed by atoms with Crippen molar-refractivity contribution in [2.45, 2.75) is 6.54 Å². The van der Waals surface area contributed by atoms with Crippen molar-refractivity contribution < 1.29 is 13.3 Å². The van der Waals surface area contributed by atoms with E-state index >= 15 is 0 Å². The highest BCUT2D eigenvalue weighted by Crippen LogP contribution is 2.22. The number of rotatable bonds is 7. The number of nitrogens with zero attached hydrogens (tertiary/aromatic N) is 1. The zero-order valence-electron chi connectivity index (χ0n) is 9.17. The van der Waals surface area contributed by atoms with Gasteiger partial charge in [-0.25, -0.2) is 13.1 Å². The van der Waals surface area contributed by atoms with Gasteiger partial charge in [0.1, 0.15) is 0 Å². The normalized spacial score (nSPS) is 11.6. The maximum Gasteiger partial charge on any atom is 0.324 e. The van der Waals surface area contributed by atoms with Crippen LogP contribution in [0.4, 0.5) is 5.00 Å². The highest BCUT2D eigenvalue weighted by Gasteiger charge is 2.10. The number of sulfonamides is 1. The van der Waals surface area contributed by atoms with Gasteiger partial charge in [0, 0.05) is 24.5 Å². The number of hydrogen-bond donors (Lipinski definition) is 2. The van der Waals surface area contributed by atoms with Gasteiger partial charge in [-0.15, -0.1) is 0 Å². The Morgan fingerprint density at radius 1 is 1.53 bits per heavy atom. The lowest BCUT2D eigenvalue weighted by molar-refractivity contribution is -0.380. The molecule has 1 aromatic rings. The summed E-state index contributed by atoms with van der Waals surface area (Å²) in [5.41, 5.74) is 0.781. The van der Waals surface area contributed by atoms with E-state index in [4.69, 9.17) is 0 Å². The summed E-state index contributed by atoms with van der Waals surface area (Å²) in [6, 6.07) is 1.48. The average molecular weight is 279 g/mol. The van der Waals surface area contributed by atoms with Gasteiger partial charge in [0.25, 0.3) is 0 Å². The first-order valence-electron chi connectivity index (χ1n) is 4.78. The molecule has 0 fully saturated rings. The van der Waals surface area contributed by atoms with Crippen LogP contribution in [-0.2, 0) is 16.6 Å². The summed E-state index contributed by atoms with van der Waals surface area (Å²) in [5, 5.41) is 15.1. The van der Waals surface area contributed by atoms with Gasteiger partial charge in [0.15, 0.2) is 0 Å². The van der Waals surface area contributed by atoms with E-state index in [1.54, 1.807) is 5.38 Å². The Kier molecular flexibility index (Phi) is 5.00. The molecule has 0 aliphatic rings. The first-order chi connectivity index (χ1) is 7.94. The minimum Gasteiger partial charge on any atom is -0.312 e. The maximum absolute atomic E-state index is 11.1. The van der Waals surface area contributed by atoms with Crippen LogP contribution in [0.2, 0.25) is 0 Å². The van der Waals surface area contributed by atoms with Crippen molar-refractivity contribution in [1.82, 2.24) is 10.0 Å². The van der Waals surface area contributed by atoms with Crippen LogP contribution < -0.4 is 10.0 Å². The highest BCUT2D eigenvalue weighted by atomic mass is 32.2. The van der Waals surface area contributed by atoms with Crippen molar-refractivity contribution in [3.05, 3.63) is 27.1 Å². The van der Waals surface area contributed by atoms with Crippen LogP contribution in [0.25, 0.3) is 0 Å². The molecular formula is C8H13N3O4S2. The Morgan fingerprint density at radius 3 is 2.76 bits per heavy atom. The van der Waals surface area contributed by atoms with Crippen molar-refractivity contribution in [3.63, 3.8) is 0 Å². The van der Waals surface area contributed by atoms with Crippen LogP contribution in [0.15, 0.2) is 11.4 Å². The van der Waals surface area contributed by atoms with Crippen molar-refractivity contribution in [2.24, 2.45) is 0 Å². The van der Waals surface area contributed by atoms with Gasteiger partial charge in [-0.3, -0.25) is 10.1 Å². The predicted molar refractivity (Wildman–Crippen MR) is 65.5 cm³/mol. The Hall–Kier alpha value is -1.03. The van der Waals surface area contributed by atoms with Gasteiger partial charge in [0.2, 0.25) is 10.0 Å². The lowest BCUT2D eigenvalue weighted by Crippen LogP contribution is -2.29. The molecule has 0 radical (unpaired) electrons. The summed E-state index contributed by atoms with van der Waals surface area (Å²) >= 11 is 1.06. The molecule has 0 aromatic carbocycles. The topological polar surface area (TPSA) is 101 Å². The smallest absolute Gasteiger partial charge is 0.312 e. The second kappa shape index (κ2) is 6.05. The third-order valence-corrected chi connectivity index (χ3v) is 4.30. The zero-order chi connectivity index (χ0) is 12.9. The Bertz CT molecular complexity index is 483. The van der Waals surface area contributed by atoms with Crippen molar-refractivity contribution >= 4 is 26.4 Å². The van der Waals surface area contributed by atoms with Gasteiger partial charge < -0.3 is 5.32 Å². The molecule has 9 heteroatoms. The van der Waals surface area contributed by atoms with E-state index in [9.17, 15) is 18.5 Å². The molecule has 0 unspecified atom stereocenters. The van der Waals surface area contributed by atoms with E-state index in [0.717, 1.165) is 16.9 Å². The Balaban J connectivity index is 2.34. The molecule has 1 heterocycles. The zero-order valence-corrected chi connectivity index (χ0v) is 10.8. The molecule has 0 atom stereocenters. The van der Waals surface area contributed by atoms with Crippen molar-refractivity contribution in [2.75, 3.05) is 19.3 Å². The molecule has 0 saturated carbocycles. The summed E-state index contributed by atoms with van der Waals surface area (Å²) in [6.45, 7) is 0.719. The van der Waals surface area contributed by atoms with Gasteiger partial charge in [-0.05, 0) is 12.6 Å². The van der Waals surface area contributed by atoms with E-state index in [2.05, 4.69) is 10.0 Å². The standard InChI is InChI=1S/C8H13N3O4S2/c1-9-17(14,15)3-2-10-5-7-4-8(11(12)13)16-6-7/h4,6,9-10H,2-3,5H2,1H3. The number of hydrogen-bond acceptors (Lipinski definition) is 6. The highest BCUT2D eigenvalue weighted by molar-refractivity contribution is 7.89. The quantitative estimate of drug-likeness (QED) is 0.424. The fourth-order valence-electron chi connectivity index (χ4n) is 1.09. The molecule has 96 valence electrons. The van der Waals surface area contributed by atoms with Gasteiger partial charge in [0.05, 0.1) is 10.7 Å². The summed E-state index contributed by atoms with van der Waals surface area (Å²) < 4.78 is 24.3. The molecular weight excluding hydrogens is 266 g/mol. The van der Waals surface area contributed by atoms with Gasteiger partial charge in [-0.1, -0.05) is 11.3 Å². The molecule has 1 aromatic heterocycles. The number of nitro groups is 1. The first-order valence-corrected chi connectivity index (χ1v) is 7.31. The minimum absolute atomic E-state index is 0.0181. The second-order valence-corrected chi connectivity index (χ2v) is 6.19. The van der Waals surface area contributed by atoms with Crippen LogP contribution in [0.1, 0.15) is 5.56 Å². The molecule has 0 aliphatic carbocycles. The number of nitrogens with one attached hydrogen (secondary N) is 2. The van der Waals surface area contributed by atoms with Crippen LogP contribution in [0, 0.1) is 10.1 Å². The lowest BCUT2D eigenvalue weighted by Gasteiger charge is -2.03. The second-order valence-electron chi connectivity index (χ2n) is 3.25. The summed E-state index contributed by atoms with van der Waals surface area (Å²) in [7, 11) is -1.84. The molecule has 0 spiro atoms. The van der Waals surface area contributed by atoms with E-state index in [1.807, 2.05) is 0 Å². The van der Waals surface area contributed by atoms with Crippen LogP contribution in [0.5, 0.6) is 0 Å². The van der Waals surface area contributed by atoms with Gasteiger partial charge in [-0.2, -0.15) is 0 Å². The molecule has 7 nitrogen and oxygen atoms in total. The Morgan fingerprint density at radius 2 is 2.24 bits per heavy atom. The first kappa shape index (κ1) is 14.0.